The zero-order valence-corrected chi connectivity index (χ0v) is 15.4. The Bertz CT molecular complexity index is 1140. The van der Waals surface area contributed by atoms with E-state index in [2.05, 4.69) is 10.4 Å². The third-order valence-electron chi connectivity index (χ3n) is 3.88. The van der Waals surface area contributed by atoms with Gasteiger partial charge in [-0.2, -0.15) is 0 Å². The number of carbonyl (C=O) groups is 1. The van der Waals surface area contributed by atoms with Gasteiger partial charge in [-0.1, -0.05) is 24.3 Å². The largest absolute Gasteiger partial charge is 0.295 e. The SMILES string of the molecule is Cc1ccc([N+](=O)[O-])cc1S(=O)(=O)NNC(=O)c1cncn1-c1ccccc1. The Balaban J connectivity index is 1.81. The molecule has 1 heterocycles. The van der Waals surface area contributed by atoms with Crippen molar-refractivity contribution in [2.24, 2.45) is 0 Å². The fourth-order valence-corrected chi connectivity index (χ4v) is 3.59. The van der Waals surface area contributed by atoms with Crippen LogP contribution in [-0.4, -0.2) is 28.8 Å². The summed E-state index contributed by atoms with van der Waals surface area (Å²) in [5, 5.41) is 10.9. The molecule has 0 unspecified atom stereocenters. The van der Waals surface area contributed by atoms with Gasteiger partial charge in [-0.15, -0.1) is 4.83 Å². The van der Waals surface area contributed by atoms with Crippen LogP contribution in [0.15, 0.2) is 66.0 Å². The first-order valence-corrected chi connectivity index (χ1v) is 9.43. The molecule has 2 aromatic carbocycles. The number of imidazole rings is 1. The smallest absolute Gasteiger partial charge is 0.284 e. The van der Waals surface area contributed by atoms with Crippen LogP contribution in [-0.2, 0) is 10.0 Å². The molecular weight excluding hydrogens is 386 g/mol. The second-order valence-electron chi connectivity index (χ2n) is 5.75. The zero-order valence-electron chi connectivity index (χ0n) is 14.6. The normalized spacial score (nSPS) is 11.2. The number of rotatable bonds is 6. The molecule has 2 N–H and O–H groups in total. The van der Waals surface area contributed by atoms with Gasteiger partial charge in [0.25, 0.3) is 21.6 Å². The van der Waals surface area contributed by atoms with Crippen LogP contribution >= 0.6 is 0 Å². The van der Waals surface area contributed by atoms with E-state index in [1.807, 2.05) is 10.9 Å². The van der Waals surface area contributed by atoms with Crippen molar-refractivity contribution in [2.75, 3.05) is 0 Å². The van der Waals surface area contributed by atoms with Crippen molar-refractivity contribution in [1.82, 2.24) is 19.8 Å². The Morgan fingerprint density at radius 3 is 2.57 bits per heavy atom. The van der Waals surface area contributed by atoms with E-state index in [4.69, 9.17) is 0 Å². The lowest BCUT2D eigenvalue weighted by Gasteiger charge is -2.11. The quantitative estimate of drug-likeness (QED) is 0.477. The van der Waals surface area contributed by atoms with Crippen molar-refractivity contribution in [3.05, 3.63) is 82.4 Å². The average molecular weight is 401 g/mol. The van der Waals surface area contributed by atoms with Crippen LogP contribution in [0.5, 0.6) is 0 Å². The second-order valence-corrected chi connectivity index (χ2v) is 7.40. The number of carbonyl (C=O) groups excluding carboxylic acids is 1. The van der Waals surface area contributed by atoms with Gasteiger partial charge in [0, 0.05) is 17.8 Å². The Morgan fingerprint density at radius 2 is 1.89 bits per heavy atom. The van der Waals surface area contributed by atoms with Crippen molar-refractivity contribution in [3.8, 4) is 5.69 Å². The minimum Gasteiger partial charge on any atom is -0.295 e. The van der Waals surface area contributed by atoms with Gasteiger partial charge in [0.05, 0.1) is 22.3 Å². The summed E-state index contributed by atoms with van der Waals surface area (Å²) in [6.45, 7) is 1.49. The molecule has 0 atom stereocenters. The molecule has 0 bridgehead atoms. The van der Waals surface area contributed by atoms with E-state index in [0.717, 1.165) is 6.07 Å². The highest BCUT2D eigenvalue weighted by atomic mass is 32.2. The number of non-ortho nitro benzene ring substituents is 1. The predicted molar refractivity (Wildman–Crippen MR) is 99.2 cm³/mol. The Morgan fingerprint density at radius 1 is 1.18 bits per heavy atom. The first-order valence-electron chi connectivity index (χ1n) is 7.94. The third-order valence-corrected chi connectivity index (χ3v) is 5.27. The summed E-state index contributed by atoms with van der Waals surface area (Å²) in [5.41, 5.74) is 2.79. The van der Waals surface area contributed by atoms with Crippen molar-refractivity contribution >= 4 is 21.6 Å². The summed E-state index contributed by atoms with van der Waals surface area (Å²) in [6.07, 6.45) is 2.71. The second kappa shape index (κ2) is 7.58. The van der Waals surface area contributed by atoms with Crippen molar-refractivity contribution in [1.29, 1.82) is 0 Å². The maximum Gasteiger partial charge on any atom is 0.284 e. The van der Waals surface area contributed by atoms with E-state index in [1.165, 1.54) is 36.1 Å². The highest BCUT2D eigenvalue weighted by molar-refractivity contribution is 7.89. The van der Waals surface area contributed by atoms with Crippen LogP contribution in [0.4, 0.5) is 5.69 Å². The van der Waals surface area contributed by atoms with Gasteiger partial charge in [-0.25, -0.2) is 13.4 Å². The molecule has 0 radical (unpaired) electrons. The van der Waals surface area contributed by atoms with E-state index < -0.39 is 20.9 Å². The monoisotopic (exact) mass is 401 g/mol. The zero-order chi connectivity index (χ0) is 20.3. The standard InChI is InChI=1S/C17H15N5O5S/c1-12-7-8-14(22(24)25)9-16(12)28(26,27)20-19-17(23)15-10-18-11-21(15)13-5-3-2-4-6-13/h2-11,20H,1H3,(H,19,23). The summed E-state index contributed by atoms with van der Waals surface area (Å²) < 4.78 is 26.5. The summed E-state index contributed by atoms with van der Waals surface area (Å²) in [4.78, 5) is 28.2. The Hall–Kier alpha value is -3.57. The number of hydrazine groups is 1. The van der Waals surface area contributed by atoms with Gasteiger partial charge in [0.15, 0.2) is 0 Å². The van der Waals surface area contributed by atoms with Crippen molar-refractivity contribution in [3.63, 3.8) is 0 Å². The molecule has 0 aliphatic rings. The van der Waals surface area contributed by atoms with E-state index in [-0.39, 0.29) is 16.3 Å². The van der Waals surface area contributed by atoms with Gasteiger partial charge in [-0.3, -0.25) is 24.9 Å². The number of nitrogens with zero attached hydrogens (tertiary/aromatic N) is 3. The lowest BCUT2D eigenvalue weighted by molar-refractivity contribution is -0.385. The van der Waals surface area contributed by atoms with Crippen LogP contribution in [0.1, 0.15) is 16.1 Å². The molecule has 28 heavy (non-hydrogen) atoms. The number of aryl methyl sites for hydroxylation is 1. The highest BCUT2D eigenvalue weighted by Crippen LogP contribution is 2.21. The molecule has 10 nitrogen and oxygen atoms in total. The van der Waals surface area contributed by atoms with E-state index in [1.54, 1.807) is 24.3 Å². The summed E-state index contributed by atoms with van der Waals surface area (Å²) in [7, 11) is -4.23. The van der Waals surface area contributed by atoms with E-state index >= 15 is 0 Å². The molecule has 0 saturated heterocycles. The number of amides is 1. The summed E-state index contributed by atoms with van der Waals surface area (Å²) >= 11 is 0. The molecule has 0 aliphatic carbocycles. The average Bonchev–Trinajstić information content (AvgIpc) is 3.17. The number of nitro groups is 1. The maximum absolute atomic E-state index is 12.5. The minimum absolute atomic E-state index is 0.102. The topological polar surface area (TPSA) is 136 Å². The van der Waals surface area contributed by atoms with Crippen molar-refractivity contribution < 1.29 is 18.1 Å². The van der Waals surface area contributed by atoms with E-state index in [0.29, 0.717) is 11.3 Å². The van der Waals surface area contributed by atoms with Crippen LogP contribution in [0, 0.1) is 17.0 Å². The maximum atomic E-state index is 12.5. The third kappa shape index (κ3) is 3.89. The number of hydrogen-bond acceptors (Lipinski definition) is 6. The molecule has 3 rings (SSSR count). The number of para-hydroxylation sites is 1. The molecule has 1 aromatic heterocycles. The molecule has 144 valence electrons. The molecule has 0 saturated carbocycles. The molecule has 0 fully saturated rings. The first-order chi connectivity index (χ1) is 13.3. The van der Waals surface area contributed by atoms with Gasteiger partial charge in [-0.05, 0) is 24.6 Å². The van der Waals surface area contributed by atoms with Crippen LogP contribution < -0.4 is 10.3 Å². The van der Waals surface area contributed by atoms with Gasteiger partial charge in [0.1, 0.15) is 5.69 Å². The fourth-order valence-electron chi connectivity index (χ4n) is 2.48. The summed E-state index contributed by atoms with van der Waals surface area (Å²) in [6, 6.07) is 12.3. The number of hydrogen-bond donors (Lipinski definition) is 2. The molecule has 0 aliphatic heterocycles. The molecule has 0 spiro atoms. The van der Waals surface area contributed by atoms with Gasteiger partial charge >= 0.3 is 0 Å². The summed E-state index contributed by atoms with van der Waals surface area (Å²) in [5.74, 6) is -0.743. The van der Waals surface area contributed by atoms with Gasteiger partial charge < -0.3 is 0 Å². The molecule has 11 heteroatoms. The number of aromatic nitrogens is 2. The van der Waals surface area contributed by atoms with Crippen LogP contribution in [0.3, 0.4) is 0 Å². The van der Waals surface area contributed by atoms with Crippen LogP contribution in [0.2, 0.25) is 0 Å². The number of sulfonamides is 1. The lowest BCUT2D eigenvalue weighted by Crippen LogP contribution is -2.42. The Labute approximate surface area is 160 Å². The Kier molecular flexibility index (Phi) is 5.20. The van der Waals surface area contributed by atoms with Gasteiger partial charge in [0.2, 0.25) is 0 Å². The lowest BCUT2D eigenvalue weighted by atomic mass is 10.2. The van der Waals surface area contributed by atoms with E-state index in [9.17, 15) is 23.3 Å². The molecule has 3 aromatic rings. The molecule has 1 amide bonds. The fraction of sp³-hybridized carbons (Fsp3) is 0.0588. The van der Waals surface area contributed by atoms with Crippen LogP contribution in [0.25, 0.3) is 5.69 Å². The minimum atomic E-state index is -4.23. The first kappa shape index (κ1) is 19.2. The van der Waals surface area contributed by atoms with Crippen molar-refractivity contribution in [2.45, 2.75) is 11.8 Å². The molecular formula is C17H15N5O5S. The number of nitrogens with one attached hydrogen (secondary N) is 2. The number of nitro benzene ring substituents is 1. The number of benzene rings is 2. The predicted octanol–water partition coefficient (Wildman–Crippen LogP) is 1.71. The highest BCUT2D eigenvalue weighted by Gasteiger charge is 2.22.